The lowest BCUT2D eigenvalue weighted by atomic mass is 9.98. The topological polar surface area (TPSA) is 61.7 Å². The van der Waals surface area contributed by atoms with Crippen molar-refractivity contribution < 1.29 is 9.90 Å². The van der Waals surface area contributed by atoms with Gasteiger partial charge in [-0.2, -0.15) is 0 Å². The smallest absolute Gasteiger partial charge is 0.335 e. The Labute approximate surface area is 100 Å². The molecule has 4 heteroatoms. The van der Waals surface area contributed by atoms with E-state index in [2.05, 4.69) is 24.2 Å². The summed E-state index contributed by atoms with van der Waals surface area (Å²) in [5.74, 6) is -0.927. The molecule has 0 saturated heterocycles. The van der Waals surface area contributed by atoms with Gasteiger partial charge in [0.25, 0.3) is 0 Å². The van der Waals surface area contributed by atoms with Crippen molar-refractivity contribution in [3.05, 3.63) is 23.8 Å². The number of aliphatic imine (C=N–C) groups is 1. The molecule has 90 valence electrons. The zero-order valence-electron chi connectivity index (χ0n) is 10.2. The third-order valence-corrected chi connectivity index (χ3v) is 2.73. The van der Waals surface area contributed by atoms with Gasteiger partial charge in [0.15, 0.2) is 0 Å². The molecule has 17 heavy (non-hydrogen) atoms. The molecule has 0 bridgehead atoms. The Bertz CT molecular complexity index is 504. The van der Waals surface area contributed by atoms with Gasteiger partial charge in [-0.25, -0.2) is 4.79 Å². The van der Waals surface area contributed by atoms with Crippen molar-refractivity contribution in [2.24, 2.45) is 4.99 Å². The second kappa shape index (κ2) is 3.87. The van der Waals surface area contributed by atoms with Gasteiger partial charge in [0.2, 0.25) is 0 Å². The number of rotatable bonds is 1. The molecule has 0 aromatic heterocycles. The number of carboxylic acid groups (broad SMARTS) is 1. The van der Waals surface area contributed by atoms with Crippen molar-refractivity contribution in [1.29, 1.82) is 0 Å². The normalized spacial score (nSPS) is 17.5. The van der Waals surface area contributed by atoms with Crippen LogP contribution in [0.3, 0.4) is 0 Å². The summed E-state index contributed by atoms with van der Waals surface area (Å²) in [6.45, 7) is 6.17. The molecule has 0 fully saturated rings. The summed E-state index contributed by atoms with van der Waals surface area (Å²) in [4.78, 5) is 15.4. The average molecular weight is 232 g/mol. The van der Waals surface area contributed by atoms with Gasteiger partial charge >= 0.3 is 5.97 Å². The summed E-state index contributed by atoms with van der Waals surface area (Å²) in [5.41, 5.74) is 2.79. The Morgan fingerprint density at radius 1 is 1.47 bits per heavy atom. The molecular weight excluding hydrogens is 216 g/mol. The predicted molar refractivity (Wildman–Crippen MR) is 68.5 cm³/mol. The molecule has 0 unspecified atom stereocenters. The van der Waals surface area contributed by atoms with Gasteiger partial charge in [-0.05, 0) is 39.0 Å². The van der Waals surface area contributed by atoms with E-state index in [0.29, 0.717) is 5.69 Å². The molecule has 1 aromatic carbocycles. The first kappa shape index (κ1) is 11.6. The second-order valence-corrected chi connectivity index (χ2v) is 5.07. The number of hydrogen-bond donors (Lipinski definition) is 2. The standard InChI is InChI=1S/C13H16N2O2/c1-8-7-13(2,3)15-10-5-4-9(12(16)17)6-11(10)14-8/h4-6,15H,7H2,1-3H3,(H,16,17). The molecule has 0 radical (unpaired) electrons. The number of fused-ring (bicyclic) bond motifs is 1. The first-order valence-corrected chi connectivity index (χ1v) is 5.57. The number of aromatic carboxylic acids is 1. The largest absolute Gasteiger partial charge is 0.478 e. The predicted octanol–water partition coefficient (Wildman–Crippen LogP) is 3.07. The van der Waals surface area contributed by atoms with Crippen LogP contribution in [0.15, 0.2) is 23.2 Å². The first-order valence-electron chi connectivity index (χ1n) is 5.57. The van der Waals surface area contributed by atoms with Crippen LogP contribution in [0, 0.1) is 0 Å². The Morgan fingerprint density at radius 3 is 2.82 bits per heavy atom. The van der Waals surface area contributed by atoms with Crippen LogP contribution < -0.4 is 5.32 Å². The van der Waals surface area contributed by atoms with E-state index in [1.54, 1.807) is 18.2 Å². The molecule has 1 aromatic rings. The van der Waals surface area contributed by atoms with E-state index < -0.39 is 5.97 Å². The summed E-state index contributed by atoms with van der Waals surface area (Å²) in [6, 6.07) is 4.98. The number of nitrogens with zero attached hydrogens (tertiary/aromatic N) is 1. The summed E-state index contributed by atoms with van der Waals surface area (Å²) in [6.07, 6.45) is 0.837. The summed E-state index contributed by atoms with van der Waals surface area (Å²) in [7, 11) is 0. The van der Waals surface area contributed by atoms with Crippen molar-refractivity contribution in [1.82, 2.24) is 0 Å². The number of benzene rings is 1. The number of carbonyl (C=O) groups is 1. The van der Waals surface area contributed by atoms with Crippen LogP contribution in [0.5, 0.6) is 0 Å². The maximum Gasteiger partial charge on any atom is 0.335 e. The highest BCUT2D eigenvalue weighted by atomic mass is 16.4. The van der Waals surface area contributed by atoms with Crippen LogP contribution in [0.1, 0.15) is 37.6 Å². The van der Waals surface area contributed by atoms with Crippen LogP contribution in [-0.4, -0.2) is 22.3 Å². The summed E-state index contributed by atoms with van der Waals surface area (Å²) in [5, 5.41) is 12.3. The van der Waals surface area contributed by atoms with Crippen LogP contribution >= 0.6 is 0 Å². The number of nitrogens with one attached hydrogen (secondary N) is 1. The van der Waals surface area contributed by atoms with Crippen molar-refractivity contribution in [2.45, 2.75) is 32.7 Å². The molecule has 2 rings (SSSR count). The van der Waals surface area contributed by atoms with Crippen molar-refractivity contribution in [3.63, 3.8) is 0 Å². The fraction of sp³-hybridized carbons (Fsp3) is 0.385. The minimum Gasteiger partial charge on any atom is -0.478 e. The fourth-order valence-electron chi connectivity index (χ4n) is 2.16. The van der Waals surface area contributed by atoms with E-state index in [-0.39, 0.29) is 11.1 Å². The molecule has 0 amide bonds. The maximum absolute atomic E-state index is 10.9. The third kappa shape index (κ3) is 2.46. The Morgan fingerprint density at radius 2 is 2.18 bits per heavy atom. The van der Waals surface area contributed by atoms with Gasteiger partial charge in [0, 0.05) is 17.7 Å². The van der Waals surface area contributed by atoms with Crippen LogP contribution in [-0.2, 0) is 0 Å². The van der Waals surface area contributed by atoms with Gasteiger partial charge in [-0.1, -0.05) is 0 Å². The molecule has 2 N–H and O–H groups in total. The Kier molecular flexibility index (Phi) is 2.65. The van der Waals surface area contributed by atoms with Gasteiger partial charge in [-0.15, -0.1) is 0 Å². The molecule has 0 aliphatic carbocycles. The van der Waals surface area contributed by atoms with E-state index in [1.165, 1.54) is 0 Å². The fourth-order valence-corrected chi connectivity index (χ4v) is 2.16. The van der Waals surface area contributed by atoms with Crippen molar-refractivity contribution >= 4 is 23.1 Å². The lowest BCUT2D eigenvalue weighted by molar-refractivity contribution is 0.0697. The Balaban J connectivity index is 2.52. The molecule has 1 aliphatic heterocycles. The van der Waals surface area contributed by atoms with Gasteiger partial charge in [0.05, 0.1) is 16.9 Å². The molecule has 1 heterocycles. The highest BCUT2D eigenvalue weighted by molar-refractivity contribution is 5.94. The highest BCUT2D eigenvalue weighted by Crippen LogP contribution is 2.33. The zero-order chi connectivity index (χ0) is 12.6. The highest BCUT2D eigenvalue weighted by Gasteiger charge is 2.23. The molecule has 0 saturated carbocycles. The minimum absolute atomic E-state index is 0.0659. The molecule has 1 aliphatic rings. The van der Waals surface area contributed by atoms with Crippen LogP contribution in [0.2, 0.25) is 0 Å². The Hall–Kier alpha value is -1.84. The van der Waals surface area contributed by atoms with E-state index in [9.17, 15) is 4.79 Å². The first-order chi connectivity index (χ1) is 7.87. The third-order valence-electron chi connectivity index (χ3n) is 2.73. The molecule has 0 spiro atoms. The molecule has 0 atom stereocenters. The van der Waals surface area contributed by atoms with E-state index in [4.69, 9.17) is 5.11 Å². The quantitative estimate of drug-likeness (QED) is 0.782. The lowest BCUT2D eigenvalue weighted by Crippen LogP contribution is -2.31. The number of anilines is 1. The minimum atomic E-state index is -0.927. The SMILES string of the molecule is CC1=Nc2cc(C(=O)O)ccc2NC(C)(C)C1. The maximum atomic E-state index is 10.9. The van der Waals surface area contributed by atoms with E-state index in [1.807, 2.05) is 6.92 Å². The van der Waals surface area contributed by atoms with Gasteiger partial charge in [-0.3, -0.25) is 4.99 Å². The lowest BCUT2D eigenvalue weighted by Gasteiger charge is -2.25. The van der Waals surface area contributed by atoms with E-state index in [0.717, 1.165) is 17.8 Å². The number of carboxylic acids is 1. The second-order valence-electron chi connectivity index (χ2n) is 5.07. The van der Waals surface area contributed by atoms with Crippen molar-refractivity contribution in [3.8, 4) is 0 Å². The van der Waals surface area contributed by atoms with Crippen LogP contribution in [0.25, 0.3) is 0 Å². The molecular formula is C13H16N2O2. The van der Waals surface area contributed by atoms with E-state index >= 15 is 0 Å². The average Bonchev–Trinajstić information content (AvgIpc) is 2.29. The monoisotopic (exact) mass is 232 g/mol. The number of hydrogen-bond acceptors (Lipinski definition) is 3. The molecule has 4 nitrogen and oxygen atoms in total. The summed E-state index contributed by atoms with van der Waals surface area (Å²) < 4.78 is 0. The van der Waals surface area contributed by atoms with Gasteiger partial charge < -0.3 is 10.4 Å². The van der Waals surface area contributed by atoms with Gasteiger partial charge in [0.1, 0.15) is 0 Å². The van der Waals surface area contributed by atoms with Crippen molar-refractivity contribution in [2.75, 3.05) is 5.32 Å². The van der Waals surface area contributed by atoms with Crippen LogP contribution in [0.4, 0.5) is 11.4 Å². The summed E-state index contributed by atoms with van der Waals surface area (Å²) >= 11 is 0. The zero-order valence-corrected chi connectivity index (χ0v) is 10.2.